The molecular weight excluding hydrogens is 454 g/mol. The summed E-state index contributed by atoms with van der Waals surface area (Å²) in [4.78, 5) is 52.0. The molecule has 0 radical (unpaired) electrons. The normalized spacial score (nSPS) is 12.7. The molecule has 1 aromatic carbocycles. The summed E-state index contributed by atoms with van der Waals surface area (Å²) in [5.74, 6) is -1.71. The van der Waals surface area contributed by atoms with E-state index in [4.69, 9.17) is 4.74 Å². The molecule has 35 heavy (non-hydrogen) atoms. The Morgan fingerprint density at radius 3 is 2.23 bits per heavy atom. The summed E-state index contributed by atoms with van der Waals surface area (Å²) >= 11 is 0. The fourth-order valence-electron chi connectivity index (χ4n) is 3.33. The number of hydrogen-bond acceptors (Lipinski definition) is 7. The number of ether oxygens (including phenoxy) is 2. The topological polar surface area (TPSA) is 134 Å². The number of aromatic hydroxyl groups is 1. The second-order valence-electron chi connectivity index (χ2n) is 9.25. The van der Waals surface area contributed by atoms with Gasteiger partial charge in [-0.1, -0.05) is 38.3 Å². The van der Waals surface area contributed by atoms with Crippen LogP contribution in [0.25, 0.3) is 0 Å². The Morgan fingerprint density at radius 2 is 1.69 bits per heavy atom. The lowest BCUT2D eigenvalue weighted by atomic mass is 10.0. The quantitative estimate of drug-likeness (QED) is 0.301. The number of esters is 1. The smallest absolute Gasteiger partial charge is 0.408 e. The molecule has 1 aromatic rings. The van der Waals surface area contributed by atoms with Crippen molar-refractivity contribution in [2.75, 3.05) is 20.2 Å². The van der Waals surface area contributed by atoms with Crippen LogP contribution in [0, 0.1) is 0 Å². The molecule has 1 rings (SSSR count). The Bertz CT molecular complexity index is 850. The highest BCUT2D eigenvalue weighted by Crippen LogP contribution is 2.25. The van der Waals surface area contributed by atoms with Gasteiger partial charge in [-0.3, -0.25) is 14.4 Å². The van der Waals surface area contributed by atoms with Gasteiger partial charge in [0.25, 0.3) is 0 Å². The van der Waals surface area contributed by atoms with E-state index in [0.29, 0.717) is 12.0 Å². The summed E-state index contributed by atoms with van der Waals surface area (Å²) in [7, 11) is 1.21. The number of hydrogen-bond donors (Lipinski definition) is 3. The van der Waals surface area contributed by atoms with Crippen molar-refractivity contribution in [1.29, 1.82) is 0 Å². The highest BCUT2D eigenvalue weighted by Gasteiger charge is 2.34. The Morgan fingerprint density at radius 1 is 1.06 bits per heavy atom. The maximum absolute atomic E-state index is 13.5. The summed E-state index contributed by atoms with van der Waals surface area (Å²) in [6, 6.07) is 3.82. The zero-order valence-corrected chi connectivity index (χ0v) is 21.6. The van der Waals surface area contributed by atoms with Crippen molar-refractivity contribution in [3.63, 3.8) is 0 Å². The number of carbonyl (C=O) groups excluding carboxylic acids is 4. The van der Waals surface area contributed by atoms with Crippen molar-refractivity contribution in [2.24, 2.45) is 0 Å². The molecule has 0 aliphatic carbocycles. The molecular formula is C25H39N3O7. The van der Waals surface area contributed by atoms with Gasteiger partial charge in [0.15, 0.2) is 0 Å². The van der Waals surface area contributed by atoms with Crippen LogP contribution in [0.5, 0.6) is 5.75 Å². The lowest BCUT2D eigenvalue weighted by Crippen LogP contribution is -2.52. The van der Waals surface area contributed by atoms with Crippen molar-refractivity contribution in [3.05, 3.63) is 29.8 Å². The average molecular weight is 494 g/mol. The largest absolute Gasteiger partial charge is 0.508 e. The van der Waals surface area contributed by atoms with Crippen LogP contribution in [0.2, 0.25) is 0 Å². The van der Waals surface area contributed by atoms with Gasteiger partial charge in [-0.15, -0.1) is 0 Å². The van der Waals surface area contributed by atoms with Crippen LogP contribution in [-0.2, 0) is 23.9 Å². The Hall–Kier alpha value is -3.30. The molecule has 0 heterocycles. The molecule has 2 atom stereocenters. The summed E-state index contributed by atoms with van der Waals surface area (Å²) in [6.07, 6.45) is 2.69. The lowest BCUT2D eigenvalue weighted by molar-refractivity contribution is -0.144. The van der Waals surface area contributed by atoms with Gasteiger partial charge in [-0.05, 0) is 51.8 Å². The second kappa shape index (κ2) is 14.2. The van der Waals surface area contributed by atoms with Crippen LogP contribution in [0.1, 0.15) is 71.9 Å². The highest BCUT2D eigenvalue weighted by molar-refractivity contribution is 5.93. The molecule has 0 saturated heterocycles. The first kappa shape index (κ1) is 29.7. The fourth-order valence-corrected chi connectivity index (χ4v) is 3.33. The van der Waals surface area contributed by atoms with E-state index in [9.17, 15) is 24.3 Å². The van der Waals surface area contributed by atoms with Crippen molar-refractivity contribution in [1.82, 2.24) is 15.5 Å². The van der Waals surface area contributed by atoms with E-state index >= 15 is 0 Å². The molecule has 10 nitrogen and oxygen atoms in total. The number of amides is 3. The van der Waals surface area contributed by atoms with Crippen LogP contribution in [0.3, 0.4) is 0 Å². The molecule has 196 valence electrons. The summed E-state index contributed by atoms with van der Waals surface area (Å²) in [5, 5.41) is 14.8. The molecule has 3 amide bonds. The van der Waals surface area contributed by atoms with E-state index in [1.54, 1.807) is 20.8 Å². The van der Waals surface area contributed by atoms with Gasteiger partial charge in [0.05, 0.1) is 7.11 Å². The van der Waals surface area contributed by atoms with E-state index < -0.39 is 41.6 Å². The number of nitrogens with zero attached hydrogens (tertiary/aromatic N) is 1. The average Bonchev–Trinajstić information content (AvgIpc) is 2.78. The molecule has 2 unspecified atom stereocenters. The minimum atomic E-state index is -1.10. The predicted molar refractivity (Wildman–Crippen MR) is 131 cm³/mol. The molecule has 0 spiro atoms. The molecule has 0 bridgehead atoms. The van der Waals surface area contributed by atoms with Gasteiger partial charge in [-0.25, -0.2) is 4.79 Å². The predicted octanol–water partition coefficient (Wildman–Crippen LogP) is 3.04. The van der Waals surface area contributed by atoms with Gasteiger partial charge in [-0.2, -0.15) is 0 Å². The van der Waals surface area contributed by atoms with E-state index in [-0.39, 0.29) is 18.8 Å². The SMILES string of the molecule is CCCCCCN(C(=O)C(C)NC(=O)OC(C)(C)C)C(C(=O)NCC(=O)OC)c1ccc(O)cc1. The Labute approximate surface area is 207 Å². The van der Waals surface area contributed by atoms with Crippen molar-refractivity contribution in [2.45, 2.75) is 78.0 Å². The number of phenols is 1. The maximum Gasteiger partial charge on any atom is 0.408 e. The first-order valence-electron chi connectivity index (χ1n) is 11.8. The number of alkyl carbamates (subject to hydrolysis) is 1. The molecule has 10 heteroatoms. The number of rotatable bonds is 12. The lowest BCUT2D eigenvalue weighted by Gasteiger charge is -2.33. The monoisotopic (exact) mass is 493 g/mol. The minimum Gasteiger partial charge on any atom is -0.508 e. The molecule has 3 N–H and O–H groups in total. The molecule has 0 aliphatic rings. The minimum absolute atomic E-state index is 0.00301. The van der Waals surface area contributed by atoms with Crippen molar-refractivity contribution >= 4 is 23.9 Å². The molecule has 0 aliphatic heterocycles. The maximum atomic E-state index is 13.5. The van der Waals surface area contributed by atoms with Gasteiger partial charge in [0.1, 0.15) is 30.0 Å². The first-order valence-corrected chi connectivity index (χ1v) is 11.8. The third-order valence-corrected chi connectivity index (χ3v) is 5.04. The molecule has 0 fully saturated rings. The van der Waals surface area contributed by atoms with Crippen LogP contribution in [0.4, 0.5) is 4.79 Å². The molecule has 0 saturated carbocycles. The summed E-state index contributed by atoms with van der Waals surface area (Å²) < 4.78 is 9.85. The number of methoxy groups -OCH3 is 1. The third kappa shape index (κ3) is 10.7. The van der Waals surface area contributed by atoms with Crippen LogP contribution in [-0.4, -0.2) is 65.7 Å². The number of carbonyl (C=O) groups is 4. The first-order chi connectivity index (χ1) is 16.4. The van der Waals surface area contributed by atoms with Crippen LogP contribution >= 0.6 is 0 Å². The zero-order chi connectivity index (χ0) is 26.6. The van der Waals surface area contributed by atoms with Gasteiger partial charge in [0.2, 0.25) is 11.8 Å². The Kier molecular flexibility index (Phi) is 12.0. The van der Waals surface area contributed by atoms with E-state index in [1.807, 2.05) is 0 Å². The van der Waals surface area contributed by atoms with Crippen molar-refractivity contribution < 1.29 is 33.8 Å². The van der Waals surface area contributed by atoms with Crippen molar-refractivity contribution in [3.8, 4) is 5.75 Å². The van der Waals surface area contributed by atoms with E-state index in [2.05, 4.69) is 22.3 Å². The standard InChI is InChI=1S/C25H39N3O7/c1-7-8-9-10-15-28(23(32)17(2)27-24(33)35-25(3,4)5)21(18-11-13-19(29)14-12-18)22(31)26-16-20(30)34-6/h11-14,17,21,29H,7-10,15-16H2,1-6H3,(H,26,31)(H,27,33). The van der Waals surface area contributed by atoms with E-state index in [1.165, 1.54) is 43.2 Å². The van der Waals surface area contributed by atoms with Crippen LogP contribution in [0.15, 0.2) is 24.3 Å². The Balaban J connectivity index is 3.27. The zero-order valence-electron chi connectivity index (χ0n) is 21.6. The molecule has 0 aromatic heterocycles. The third-order valence-electron chi connectivity index (χ3n) is 5.04. The van der Waals surface area contributed by atoms with Crippen LogP contribution < -0.4 is 10.6 Å². The van der Waals surface area contributed by atoms with E-state index in [0.717, 1.165) is 19.3 Å². The summed E-state index contributed by atoms with van der Waals surface area (Å²) in [6.45, 7) is 8.60. The number of phenolic OH excluding ortho intramolecular Hbond substituents is 1. The summed E-state index contributed by atoms with van der Waals surface area (Å²) in [5.41, 5.74) is -0.298. The highest BCUT2D eigenvalue weighted by atomic mass is 16.6. The van der Waals surface area contributed by atoms with Gasteiger partial charge in [0, 0.05) is 6.54 Å². The van der Waals surface area contributed by atoms with Gasteiger partial charge >= 0.3 is 12.1 Å². The fraction of sp³-hybridized carbons (Fsp3) is 0.600. The number of nitrogens with one attached hydrogen (secondary N) is 2. The van der Waals surface area contributed by atoms with Gasteiger partial charge < -0.3 is 30.1 Å². The number of benzene rings is 1. The second-order valence-corrected chi connectivity index (χ2v) is 9.25. The number of unbranched alkanes of at least 4 members (excludes halogenated alkanes) is 3.